The maximum Gasteiger partial charge on any atom is 0.339 e. The van der Waals surface area contributed by atoms with Gasteiger partial charge in [0.1, 0.15) is 0 Å². The number of anilines is 2. The van der Waals surface area contributed by atoms with Crippen LogP contribution in [0.3, 0.4) is 0 Å². The number of methoxy groups -OCH3 is 2. The number of sulfonamides is 2. The Labute approximate surface area is 219 Å². The Kier molecular flexibility index (Phi) is 7.37. The van der Waals surface area contributed by atoms with Crippen molar-refractivity contribution in [3.05, 3.63) is 96.1 Å². The highest BCUT2D eigenvalue weighted by molar-refractivity contribution is 7.93. The van der Waals surface area contributed by atoms with Gasteiger partial charge in [-0.3, -0.25) is 9.44 Å². The maximum atomic E-state index is 13.4. The predicted octanol–water partition coefficient (Wildman–Crippen LogP) is 4.01. The molecule has 0 spiro atoms. The lowest BCUT2D eigenvalue weighted by Gasteiger charge is -2.15. The number of hydrogen-bond donors (Lipinski definition) is 2. The summed E-state index contributed by atoms with van der Waals surface area (Å²) in [6, 6.07) is 20.3. The van der Waals surface area contributed by atoms with E-state index in [0.29, 0.717) is 0 Å². The van der Waals surface area contributed by atoms with Crippen LogP contribution in [0.4, 0.5) is 11.4 Å². The number of carbonyl (C=O) groups excluding carboxylic acids is 2. The molecular formula is C26H22N2O8S2. The van der Waals surface area contributed by atoms with E-state index >= 15 is 0 Å². The molecule has 2 N–H and O–H groups in total. The highest BCUT2D eigenvalue weighted by Crippen LogP contribution is 2.31. The minimum absolute atomic E-state index is 0.00112. The van der Waals surface area contributed by atoms with Crippen molar-refractivity contribution in [3.8, 4) is 0 Å². The predicted molar refractivity (Wildman–Crippen MR) is 141 cm³/mol. The van der Waals surface area contributed by atoms with Gasteiger partial charge in [0, 0.05) is 10.8 Å². The van der Waals surface area contributed by atoms with E-state index in [1.165, 1.54) is 74.9 Å². The van der Waals surface area contributed by atoms with Crippen molar-refractivity contribution in [1.29, 1.82) is 0 Å². The highest BCUT2D eigenvalue weighted by Gasteiger charge is 2.25. The Balaban J connectivity index is 1.79. The molecule has 0 amide bonds. The minimum atomic E-state index is -4.28. The Bertz CT molecular complexity index is 1640. The molecule has 0 aliphatic carbocycles. The van der Waals surface area contributed by atoms with Crippen LogP contribution in [0.15, 0.2) is 94.7 Å². The van der Waals surface area contributed by atoms with Gasteiger partial charge in [0.2, 0.25) is 0 Å². The molecule has 0 heterocycles. The molecule has 0 saturated carbocycles. The summed E-state index contributed by atoms with van der Waals surface area (Å²) in [6.07, 6.45) is 0. The van der Waals surface area contributed by atoms with Crippen molar-refractivity contribution in [2.75, 3.05) is 23.7 Å². The molecule has 0 aliphatic rings. The van der Waals surface area contributed by atoms with Crippen LogP contribution in [0.2, 0.25) is 0 Å². The second-order valence-electron chi connectivity index (χ2n) is 7.89. The topological polar surface area (TPSA) is 145 Å². The number of hydrogen-bond acceptors (Lipinski definition) is 8. The van der Waals surface area contributed by atoms with E-state index in [2.05, 4.69) is 9.44 Å². The second-order valence-corrected chi connectivity index (χ2v) is 11.2. The molecule has 0 unspecified atom stereocenters. The van der Waals surface area contributed by atoms with Gasteiger partial charge in [0.15, 0.2) is 0 Å². The third kappa shape index (κ3) is 5.17. The smallest absolute Gasteiger partial charge is 0.339 e. The first-order valence-electron chi connectivity index (χ1n) is 11.0. The lowest BCUT2D eigenvalue weighted by molar-refractivity contribution is 0.0593. The molecule has 0 aliphatic heterocycles. The van der Waals surface area contributed by atoms with Crippen molar-refractivity contribution in [2.24, 2.45) is 0 Å². The van der Waals surface area contributed by atoms with Gasteiger partial charge >= 0.3 is 11.9 Å². The Morgan fingerprint density at radius 3 is 1.29 bits per heavy atom. The molecule has 0 radical (unpaired) electrons. The summed E-state index contributed by atoms with van der Waals surface area (Å²) < 4.78 is 67.8. The standard InChI is InChI=1S/C26H22N2O8S2/c1-35-25(29)19-9-3-5-13-21(19)27-37(31,32)23-15-7-12-18-17(23)11-8-16-24(18)38(33,34)28-22-14-6-4-10-20(22)26(30)36-2/h3-16,27-28H,1-2H3. The Hall–Kier alpha value is -4.42. The molecule has 0 saturated heterocycles. The van der Waals surface area contributed by atoms with E-state index in [1.807, 2.05) is 0 Å². The summed E-state index contributed by atoms with van der Waals surface area (Å²) in [5, 5.41) is 0.249. The third-order valence-corrected chi connectivity index (χ3v) is 8.42. The van der Waals surface area contributed by atoms with Crippen LogP contribution in [0, 0.1) is 0 Å². The molecule has 4 rings (SSSR count). The number of rotatable bonds is 8. The van der Waals surface area contributed by atoms with Crippen molar-refractivity contribution in [1.82, 2.24) is 0 Å². The summed E-state index contributed by atoms with van der Waals surface area (Å²) in [4.78, 5) is 23.8. The average Bonchev–Trinajstić information content (AvgIpc) is 2.91. The first-order valence-corrected chi connectivity index (χ1v) is 14.0. The van der Waals surface area contributed by atoms with E-state index in [9.17, 15) is 26.4 Å². The number of para-hydroxylation sites is 2. The summed E-state index contributed by atoms with van der Waals surface area (Å²) in [5.41, 5.74) is 0.0218. The van der Waals surface area contributed by atoms with Crippen LogP contribution in [-0.2, 0) is 29.5 Å². The zero-order chi connectivity index (χ0) is 27.5. The fourth-order valence-electron chi connectivity index (χ4n) is 3.84. The minimum Gasteiger partial charge on any atom is -0.465 e. The first-order chi connectivity index (χ1) is 18.1. The zero-order valence-corrected chi connectivity index (χ0v) is 21.8. The van der Waals surface area contributed by atoms with Gasteiger partial charge in [-0.2, -0.15) is 0 Å². The number of carbonyl (C=O) groups is 2. The number of nitrogens with one attached hydrogen (secondary N) is 2. The van der Waals surface area contributed by atoms with E-state index < -0.39 is 32.0 Å². The average molecular weight is 555 g/mol. The summed E-state index contributed by atoms with van der Waals surface area (Å²) in [7, 11) is -6.20. The van der Waals surface area contributed by atoms with E-state index in [4.69, 9.17) is 9.47 Å². The fraction of sp³-hybridized carbons (Fsp3) is 0.0769. The van der Waals surface area contributed by atoms with Gasteiger partial charge in [0.25, 0.3) is 20.0 Å². The van der Waals surface area contributed by atoms with Crippen molar-refractivity contribution < 1.29 is 35.9 Å². The van der Waals surface area contributed by atoms with E-state index in [1.54, 1.807) is 24.3 Å². The van der Waals surface area contributed by atoms with Crippen LogP contribution in [-0.4, -0.2) is 43.0 Å². The number of fused-ring (bicyclic) bond motifs is 1. The van der Waals surface area contributed by atoms with Gasteiger partial charge in [-0.1, -0.05) is 48.5 Å². The van der Waals surface area contributed by atoms with Crippen LogP contribution in [0.1, 0.15) is 20.7 Å². The molecule has 38 heavy (non-hydrogen) atoms. The van der Waals surface area contributed by atoms with Crippen LogP contribution in [0.5, 0.6) is 0 Å². The molecule has 4 aromatic carbocycles. The third-order valence-electron chi connectivity index (χ3n) is 5.57. The zero-order valence-electron chi connectivity index (χ0n) is 20.2. The Morgan fingerprint density at radius 1 is 0.553 bits per heavy atom. The molecule has 0 atom stereocenters. The van der Waals surface area contributed by atoms with E-state index in [0.717, 1.165) is 0 Å². The van der Waals surface area contributed by atoms with Crippen molar-refractivity contribution in [2.45, 2.75) is 9.79 Å². The van der Waals surface area contributed by atoms with Gasteiger partial charge in [-0.15, -0.1) is 0 Å². The van der Waals surface area contributed by atoms with E-state index in [-0.39, 0.29) is 43.1 Å². The highest BCUT2D eigenvalue weighted by atomic mass is 32.2. The lowest BCUT2D eigenvalue weighted by Crippen LogP contribution is -2.18. The molecule has 0 fully saturated rings. The van der Waals surface area contributed by atoms with Gasteiger partial charge in [-0.25, -0.2) is 26.4 Å². The molecule has 10 nitrogen and oxygen atoms in total. The van der Waals surface area contributed by atoms with Gasteiger partial charge in [0.05, 0.1) is 46.5 Å². The normalized spacial score (nSPS) is 11.5. The molecular weight excluding hydrogens is 532 g/mol. The SMILES string of the molecule is COC(=O)c1ccccc1NS(=O)(=O)c1cccc2c(S(=O)(=O)Nc3ccccc3C(=O)OC)cccc12. The Morgan fingerprint density at radius 2 is 0.921 bits per heavy atom. The largest absolute Gasteiger partial charge is 0.465 e. The molecule has 196 valence electrons. The monoisotopic (exact) mass is 554 g/mol. The second kappa shape index (κ2) is 10.5. The van der Waals surface area contributed by atoms with Crippen molar-refractivity contribution in [3.63, 3.8) is 0 Å². The quantitative estimate of drug-likeness (QED) is 0.311. The molecule has 0 bridgehead atoms. The van der Waals surface area contributed by atoms with Crippen LogP contribution < -0.4 is 9.44 Å². The summed E-state index contributed by atoms with van der Waals surface area (Å²) in [6.45, 7) is 0. The van der Waals surface area contributed by atoms with Gasteiger partial charge in [-0.05, 0) is 36.4 Å². The summed E-state index contributed by atoms with van der Waals surface area (Å²) in [5.74, 6) is -1.46. The number of esters is 2. The lowest BCUT2D eigenvalue weighted by atomic mass is 10.1. The van der Waals surface area contributed by atoms with Crippen LogP contribution in [0.25, 0.3) is 10.8 Å². The maximum absolute atomic E-state index is 13.4. The molecule has 4 aromatic rings. The first kappa shape index (κ1) is 26.6. The number of ether oxygens (including phenoxy) is 2. The number of benzene rings is 4. The van der Waals surface area contributed by atoms with Crippen molar-refractivity contribution >= 4 is 54.1 Å². The van der Waals surface area contributed by atoms with Gasteiger partial charge < -0.3 is 9.47 Å². The molecule has 12 heteroatoms. The molecule has 0 aromatic heterocycles. The summed E-state index contributed by atoms with van der Waals surface area (Å²) >= 11 is 0. The fourth-order valence-corrected chi connectivity index (χ4v) is 6.45. The van der Waals surface area contributed by atoms with Crippen LogP contribution >= 0.6 is 0 Å².